The van der Waals surface area contributed by atoms with Crippen molar-refractivity contribution in [2.24, 2.45) is 5.41 Å². The fourth-order valence-corrected chi connectivity index (χ4v) is 2.64. The van der Waals surface area contributed by atoms with Gasteiger partial charge in [-0.3, -0.25) is 9.59 Å². The molecular formula is C19H19FN2O4. The molecule has 0 atom stereocenters. The maximum Gasteiger partial charge on any atom is 0.240 e. The highest BCUT2D eigenvalue weighted by molar-refractivity contribution is 6.17. The molecule has 3 rings (SSSR count). The van der Waals surface area contributed by atoms with Crippen molar-refractivity contribution >= 4 is 23.2 Å². The highest BCUT2D eigenvalue weighted by atomic mass is 19.1. The average Bonchev–Trinajstić information content (AvgIpc) is 3.45. The molecule has 2 aromatic carbocycles. The molecule has 0 aliphatic heterocycles. The third kappa shape index (κ3) is 3.33. The van der Waals surface area contributed by atoms with E-state index in [0.717, 1.165) is 0 Å². The molecule has 0 heterocycles. The molecular weight excluding hydrogens is 339 g/mol. The number of methoxy groups -OCH3 is 2. The third-order valence-corrected chi connectivity index (χ3v) is 4.40. The second-order valence-corrected chi connectivity index (χ2v) is 6.04. The molecule has 2 amide bonds. The van der Waals surface area contributed by atoms with Crippen LogP contribution in [-0.4, -0.2) is 26.0 Å². The first kappa shape index (κ1) is 17.7. The Morgan fingerprint density at radius 3 is 2.19 bits per heavy atom. The van der Waals surface area contributed by atoms with Gasteiger partial charge in [-0.15, -0.1) is 0 Å². The number of rotatable bonds is 6. The van der Waals surface area contributed by atoms with Crippen molar-refractivity contribution in [1.82, 2.24) is 0 Å². The van der Waals surface area contributed by atoms with E-state index in [9.17, 15) is 14.0 Å². The van der Waals surface area contributed by atoms with Gasteiger partial charge in [0.2, 0.25) is 11.8 Å². The van der Waals surface area contributed by atoms with E-state index in [1.165, 1.54) is 32.4 Å². The predicted molar refractivity (Wildman–Crippen MR) is 94.9 cm³/mol. The van der Waals surface area contributed by atoms with Crippen LogP contribution in [0.2, 0.25) is 0 Å². The number of hydrogen-bond acceptors (Lipinski definition) is 4. The number of amides is 2. The molecule has 7 heteroatoms. The molecule has 136 valence electrons. The monoisotopic (exact) mass is 358 g/mol. The van der Waals surface area contributed by atoms with Crippen LogP contribution in [0.1, 0.15) is 12.8 Å². The second-order valence-electron chi connectivity index (χ2n) is 6.04. The lowest BCUT2D eigenvalue weighted by Crippen LogP contribution is -2.36. The minimum atomic E-state index is -1.21. The van der Waals surface area contributed by atoms with Crippen LogP contribution in [0.4, 0.5) is 15.8 Å². The van der Waals surface area contributed by atoms with Crippen LogP contribution in [0.25, 0.3) is 0 Å². The number of para-hydroxylation sites is 1. The van der Waals surface area contributed by atoms with Gasteiger partial charge in [-0.05, 0) is 37.1 Å². The van der Waals surface area contributed by atoms with E-state index in [-0.39, 0.29) is 5.69 Å². The lowest BCUT2D eigenvalue weighted by Gasteiger charge is -2.17. The maximum atomic E-state index is 13.7. The number of carbonyl (C=O) groups excluding carboxylic acids is 2. The van der Waals surface area contributed by atoms with E-state index in [0.29, 0.717) is 30.0 Å². The summed E-state index contributed by atoms with van der Waals surface area (Å²) in [6.45, 7) is 0. The second kappa shape index (κ2) is 7.03. The first-order valence-electron chi connectivity index (χ1n) is 8.09. The topological polar surface area (TPSA) is 76.7 Å². The summed E-state index contributed by atoms with van der Waals surface area (Å²) < 4.78 is 24.1. The lowest BCUT2D eigenvalue weighted by molar-refractivity contribution is -0.131. The fourth-order valence-electron chi connectivity index (χ4n) is 2.64. The summed E-state index contributed by atoms with van der Waals surface area (Å²) in [7, 11) is 2.99. The quantitative estimate of drug-likeness (QED) is 0.778. The molecule has 0 radical (unpaired) electrons. The highest BCUT2D eigenvalue weighted by Crippen LogP contribution is 2.48. The summed E-state index contributed by atoms with van der Waals surface area (Å²) in [4.78, 5) is 25.3. The molecule has 0 spiro atoms. The summed E-state index contributed by atoms with van der Waals surface area (Å²) in [5.74, 6) is -0.544. The van der Waals surface area contributed by atoms with Crippen molar-refractivity contribution in [3.63, 3.8) is 0 Å². The van der Waals surface area contributed by atoms with Crippen LogP contribution >= 0.6 is 0 Å². The van der Waals surface area contributed by atoms with Crippen LogP contribution in [0.15, 0.2) is 42.5 Å². The molecule has 0 bridgehead atoms. The summed E-state index contributed by atoms with van der Waals surface area (Å²) in [5.41, 5.74) is -0.756. The zero-order valence-corrected chi connectivity index (χ0v) is 14.5. The van der Waals surface area contributed by atoms with Gasteiger partial charge < -0.3 is 20.1 Å². The molecule has 1 aliphatic rings. The van der Waals surface area contributed by atoms with Crippen molar-refractivity contribution in [2.75, 3.05) is 24.9 Å². The first-order valence-corrected chi connectivity index (χ1v) is 8.09. The Morgan fingerprint density at radius 2 is 1.62 bits per heavy atom. The summed E-state index contributed by atoms with van der Waals surface area (Å²) in [6, 6.07) is 10.8. The van der Waals surface area contributed by atoms with Crippen LogP contribution in [-0.2, 0) is 9.59 Å². The van der Waals surface area contributed by atoms with Crippen molar-refractivity contribution in [2.45, 2.75) is 12.8 Å². The Balaban J connectivity index is 1.77. The minimum absolute atomic E-state index is 0.0514. The third-order valence-electron chi connectivity index (χ3n) is 4.40. The Morgan fingerprint density at radius 1 is 0.962 bits per heavy atom. The smallest absolute Gasteiger partial charge is 0.240 e. The van der Waals surface area contributed by atoms with Gasteiger partial charge in [0.15, 0.2) is 0 Å². The van der Waals surface area contributed by atoms with Gasteiger partial charge in [0.25, 0.3) is 0 Å². The van der Waals surface area contributed by atoms with E-state index in [1.807, 2.05) is 0 Å². The van der Waals surface area contributed by atoms with Gasteiger partial charge in [-0.2, -0.15) is 0 Å². The molecule has 26 heavy (non-hydrogen) atoms. The van der Waals surface area contributed by atoms with Crippen LogP contribution in [0, 0.1) is 11.2 Å². The summed E-state index contributed by atoms with van der Waals surface area (Å²) in [5, 5.41) is 5.22. The van der Waals surface area contributed by atoms with E-state index in [1.54, 1.807) is 24.3 Å². The van der Waals surface area contributed by atoms with Gasteiger partial charge >= 0.3 is 0 Å². The molecule has 2 aromatic rings. The van der Waals surface area contributed by atoms with Crippen LogP contribution < -0.4 is 20.1 Å². The van der Waals surface area contributed by atoms with E-state index < -0.39 is 23.0 Å². The van der Waals surface area contributed by atoms with E-state index in [2.05, 4.69) is 10.6 Å². The van der Waals surface area contributed by atoms with Crippen molar-refractivity contribution in [3.05, 3.63) is 48.3 Å². The summed E-state index contributed by atoms with van der Waals surface area (Å²) in [6.07, 6.45) is 0.788. The molecule has 1 saturated carbocycles. The Kier molecular flexibility index (Phi) is 4.79. The number of nitrogens with one attached hydrogen (secondary N) is 2. The van der Waals surface area contributed by atoms with Gasteiger partial charge in [0, 0.05) is 6.07 Å². The Hall–Kier alpha value is -3.09. The largest absolute Gasteiger partial charge is 0.497 e. The maximum absolute atomic E-state index is 13.7. The Labute approximate surface area is 150 Å². The highest BCUT2D eigenvalue weighted by Gasteiger charge is 2.56. The standard InChI is InChI=1S/C19H19FN2O4/c1-25-12-7-8-16(26-2)15(11-12)22-18(24)19(9-10-19)17(23)21-14-6-4-3-5-13(14)20/h3-8,11H,9-10H2,1-2H3,(H,21,23)(H,22,24). The molecule has 1 fully saturated rings. The van der Waals surface area contributed by atoms with Gasteiger partial charge in [0.1, 0.15) is 22.7 Å². The van der Waals surface area contributed by atoms with Gasteiger partial charge in [-0.25, -0.2) is 4.39 Å². The zero-order valence-electron chi connectivity index (χ0n) is 14.5. The lowest BCUT2D eigenvalue weighted by atomic mass is 10.0. The minimum Gasteiger partial charge on any atom is -0.497 e. The fraction of sp³-hybridized carbons (Fsp3) is 0.263. The number of ether oxygens (including phenoxy) is 2. The Bertz CT molecular complexity index is 849. The molecule has 0 aromatic heterocycles. The SMILES string of the molecule is COc1ccc(OC)c(NC(=O)C2(C(=O)Nc3ccccc3F)CC2)c1. The van der Waals surface area contributed by atoms with Crippen LogP contribution in [0.3, 0.4) is 0 Å². The predicted octanol–water partition coefficient (Wildman–Crippen LogP) is 3.20. The molecule has 0 unspecified atom stereocenters. The number of anilines is 2. The van der Waals surface area contributed by atoms with Crippen molar-refractivity contribution in [3.8, 4) is 11.5 Å². The zero-order chi connectivity index (χ0) is 18.7. The van der Waals surface area contributed by atoms with Gasteiger partial charge in [0.05, 0.1) is 25.6 Å². The molecule has 2 N–H and O–H groups in total. The van der Waals surface area contributed by atoms with Crippen molar-refractivity contribution < 1.29 is 23.5 Å². The van der Waals surface area contributed by atoms with E-state index >= 15 is 0 Å². The molecule has 0 saturated heterocycles. The average molecular weight is 358 g/mol. The number of benzene rings is 2. The number of carbonyl (C=O) groups is 2. The van der Waals surface area contributed by atoms with Gasteiger partial charge in [-0.1, -0.05) is 12.1 Å². The first-order chi connectivity index (χ1) is 12.5. The molecule has 1 aliphatic carbocycles. The van der Waals surface area contributed by atoms with Crippen molar-refractivity contribution in [1.29, 1.82) is 0 Å². The molecule has 6 nitrogen and oxygen atoms in total. The normalized spacial score (nSPS) is 14.3. The van der Waals surface area contributed by atoms with Crippen LogP contribution in [0.5, 0.6) is 11.5 Å². The summed E-state index contributed by atoms with van der Waals surface area (Å²) >= 11 is 0. The number of hydrogen-bond donors (Lipinski definition) is 2. The van der Waals surface area contributed by atoms with E-state index in [4.69, 9.17) is 9.47 Å². The number of halogens is 1.